The predicted octanol–water partition coefficient (Wildman–Crippen LogP) is 6.36. The highest BCUT2D eigenvalue weighted by atomic mass is 35.5. The first-order chi connectivity index (χ1) is 14.7. The van der Waals surface area contributed by atoms with Gasteiger partial charge in [-0.25, -0.2) is 0 Å². The van der Waals surface area contributed by atoms with Gasteiger partial charge in [0.25, 0.3) is 0 Å². The van der Waals surface area contributed by atoms with Gasteiger partial charge in [-0.05, 0) is 35.4 Å². The van der Waals surface area contributed by atoms with Crippen LogP contribution in [0.15, 0.2) is 97.3 Å². The highest BCUT2D eigenvalue weighted by molar-refractivity contribution is 6.25. The van der Waals surface area contributed by atoms with Gasteiger partial charge in [0.2, 0.25) is 0 Å². The number of rotatable bonds is 6. The topological polar surface area (TPSA) is 42.9 Å². The fourth-order valence-corrected chi connectivity index (χ4v) is 3.97. The Hall–Kier alpha value is -3.01. The number of benzene rings is 2. The van der Waals surface area contributed by atoms with E-state index in [1.54, 1.807) is 36.7 Å². The second-order valence-corrected chi connectivity index (χ2v) is 7.62. The summed E-state index contributed by atoms with van der Waals surface area (Å²) in [5.74, 6) is -0.204. The summed E-state index contributed by atoms with van der Waals surface area (Å²) in [5, 5.41) is -1.10. The van der Waals surface area contributed by atoms with Crippen molar-refractivity contribution in [1.29, 1.82) is 0 Å². The first-order valence-electron chi connectivity index (χ1n) is 9.49. The molecule has 0 amide bonds. The van der Waals surface area contributed by atoms with Crippen LogP contribution in [-0.4, -0.2) is 15.8 Å². The Morgan fingerprint density at radius 1 is 0.600 bits per heavy atom. The normalized spacial score (nSPS) is 12.9. The molecule has 2 atom stereocenters. The summed E-state index contributed by atoms with van der Waals surface area (Å²) in [6.45, 7) is 0. The van der Waals surface area contributed by atoms with Crippen LogP contribution in [0.1, 0.15) is 49.2 Å². The predicted molar refractivity (Wildman–Crippen MR) is 120 cm³/mol. The molecule has 2 aromatic carbocycles. The number of ketones is 1. The third-order valence-electron chi connectivity index (χ3n) is 4.83. The fraction of sp³-hybridized carbons (Fsp3) is 0.0800. The molecular formula is C25H18Cl2N2O. The Labute approximate surface area is 185 Å². The second-order valence-electron chi connectivity index (χ2n) is 6.75. The Morgan fingerprint density at radius 3 is 1.40 bits per heavy atom. The smallest absolute Gasteiger partial charge is 0.196 e. The monoisotopic (exact) mass is 432 g/mol. The zero-order chi connectivity index (χ0) is 20.9. The van der Waals surface area contributed by atoms with Gasteiger partial charge in [-0.15, -0.1) is 23.2 Å². The highest BCUT2D eigenvalue weighted by Crippen LogP contribution is 2.33. The average Bonchev–Trinajstić information content (AvgIpc) is 2.84. The van der Waals surface area contributed by atoms with E-state index in [-0.39, 0.29) is 5.78 Å². The molecule has 0 N–H and O–H groups in total. The summed E-state index contributed by atoms with van der Waals surface area (Å²) < 4.78 is 0. The van der Waals surface area contributed by atoms with Crippen molar-refractivity contribution in [2.45, 2.75) is 10.8 Å². The van der Waals surface area contributed by atoms with Crippen molar-refractivity contribution in [3.8, 4) is 0 Å². The van der Waals surface area contributed by atoms with Crippen LogP contribution >= 0.6 is 23.2 Å². The minimum Gasteiger partial charge on any atom is -0.288 e. The summed E-state index contributed by atoms with van der Waals surface area (Å²) in [7, 11) is 0. The molecule has 0 aliphatic rings. The Balaban J connectivity index is 1.75. The minimum absolute atomic E-state index is 0.204. The molecule has 2 unspecified atom stereocenters. The van der Waals surface area contributed by atoms with Gasteiger partial charge in [-0.3, -0.25) is 14.8 Å². The number of aromatic nitrogens is 2. The second kappa shape index (κ2) is 9.21. The molecule has 0 fully saturated rings. The molecule has 2 heterocycles. The standard InChI is InChI=1S/C25H18Cl2N2O/c26-21(17-9-3-1-4-10-17)23-19(13-7-15-28-23)25(30)20-14-8-16-29-24(20)22(27)18-11-5-2-6-12-18/h1-16,21-22H. The average molecular weight is 433 g/mol. The van der Waals surface area contributed by atoms with E-state index in [4.69, 9.17) is 23.2 Å². The summed E-state index contributed by atoms with van der Waals surface area (Å²) in [6, 6.07) is 26.1. The molecule has 0 saturated carbocycles. The van der Waals surface area contributed by atoms with Crippen LogP contribution in [0.2, 0.25) is 0 Å². The molecule has 4 rings (SSSR count). The maximum atomic E-state index is 13.6. The van der Waals surface area contributed by atoms with Gasteiger partial charge in [0.05, 0.1) is 11.4 Å². The highest BCUT2D eigenvalue weighted by Gasteiger charge is 2.25. The van der Waals surface area contributed by atoms with Crippen LogP contribution < -0.4 is 0 Å². The molecule has 3 nitrogen and oxygen atoms in total. The van der Waals surface area contributed by atoms with E-state index in [1.807, 2.05) is 60.7 Å². The van der Waals surface area contributed by atoms with Crippen molar-refractivity contribution in [3.63, 3.8) is 0 Å². The number of nitrogens with zero attached hydrogens (tertiary/aromatic N) is 2. The van der Waals surface area contributed by atoms with E-state index in [0.29, 0.717) is 22.5 Å². The van der Waals surface area contributed by atoms with Gasteiger partial charge >= 0.3 is 0 Å². The molecule has 0 saturated heterocycles. The Morgan fingerprint density at radius 2 is 1.00 bits per heavy atom. The number of pyridine rings is 2. The number of hydrogen-bond donors (Lipinski definition) is 0. The summed E-state index contributed by atoms with van der Waals surface area (Å²) in [4.78, 5) is 22.4. The summed E-state index contributed by atoms with van der Waals surface area (Å²) >= 11 is 13.4. The van der Waals surface area contributed by atoms with E-state index in [0.717, 1.165) is 11.1 Å². The number of halogens is 2. The fourth-order valence-electron chi connectivity index (χ4n) is 3.33. The maximum Gasteiger partial charge on any atom is 0.196 e. The van der Waals surface area contributed by atoms with Gasteiger partial charge < -0.3 is 0 Å². The molecule has 0 aliphatic carbocycles. The van der Waals surface area contributed by atoms with Gasteiger partial charge in [0.1, 0.15) is 10.8 Å². The molecule has 0 radical (unpaired) electrons. The number of hydrogen-bond acceptors (Lipinski definition) is 3. The third-order valence-corrected chi connectivity index (χ3v) is 5.75. The minimum atomic E-state index is -0.549. The summed E-state index contributed by atoms with van der Waals surface area (Å²) in [6.07, 6.45) is 3.28. The van der Waals surface area contributed by atoms with Crippen LogP contribution in [-0.2, 0) is 0 Å². The van der Waals surface area contributed by atoms with Crippen LogP contribution in [0.3, 0.4) is 0 Å². The number of alkyl halides is 2. The summed E-state index contributed by atoms with van der Waals surface area (Å²) in [5.41, 5.74) is 3.64. The SMILES string of the molecule is O=C(c1cccnc1C(Cl)c1ccccc1)c1cccnc1C(Cl)c1ccccc1. The van der Waals surface area contributed by atoms with Crippen molar-refractivity contribution in [2.75, 3.05) is 0 Å². The first kappa shape index (κ1) is 20.3. The third kappa shape index (κ3) is 4.13. The van der Waals surface area contributed by atoms with E-state index in [9.17, 15) is 4.79 Å². The van der Waals surface area contributed by atoms with Crippen LogP contribution in [0.4, 0.5) is 0 Å². The van der Waals surface area contributed by atoms with E-state index in [2.05, 4.69) is 9.97 Å². The van der Waals surface area contributed by atoms with Crippen LogP contribution in [0, 0.1) is 0 Å². The molecule has 30 heavy (non-hydrogen) atoms. The molecule has 0 bridgehead atoms. The molecule has 0 spiro atoms. The van der Waals surface area contributed by atoms with Crippen molar-refractivity contribution in [1.82, 2.24) is 9.97 Å². The maximum absolute atomic E-state index is 13.6. The largest absolute Gasteiger partial charge is 0.288 e. The molecule has 0 aliphatic heterocycles. The zero-order valence-corrected chi connectivity index (χ0v) is 17.5. The van der Waals surface area contributed by atoms with Crippen molar-refractivity contribution in [3.05, 3.63) is 131 Å². The van der Waals surface area contributed by atoms with E-state index >= 15 is 0 Å². The molecule has 5 heteroatoms. The molecule has 2 aromatic heterocycles. The molecular weight excluding hydrogens is 415 g/mol. The quantitative estimate of drug-likeness (QED) is 0.262. The Kier molecular flexibility index (Phi) is 6.22. The van der Waals surface area contributed by atoms with Gasteiger partial charge in [-0.2, -0.15) is 0 Å². The van der Waals surface area contributed by atoms with E-state index in [1.165, 1.54) is 0 Å². The lowest BCUT2D eigenvalue weighted by Crippen LogP contribution is -2.13. The number of carbonyl (C=O) groups is 1. The lowest BCUT2D eigenvalue weighted by atomic mass is 9.95. The lowest BCUT2D eigenvalue weighted by Gasteiger charge is -2.16. The first-order valence-corrected chi connectivity index (χ1v) is 10.4. The van der Waals surface area contributed by atoms with Gasteiger partial charge in [-0.1, -0.05) is 60.7 Å². The lowest BCUT2D eigenvalue weighted by molar-refractivity contribution is 0.103. The van der Waals surface area contributed by atoms with Crippen molar-refractivity contribution < 1.29 is 4.79 Å². The Bertz CT molecular complexity index is 1060. The van der Waals surface area contributed by atoms with Crippen LogP contribution in [0.5, 0.6) is 0 Å². The van der Waals surface area contributed by atoms with Crippen molar-refractivity contribution in [2.24, 2.45) is 0 Å². The van der Waals surface area contributed by atoms with Crippen molar-refractivity contribution >= 4 is 29.0 Å². The zero-order valence-electron chi connectivity index (χ0n) is 16.0. The van der Waals surface area contributed by atoms with E-state index < -0.39 is 10.8 Å². The van der Waals surface area contributed by atoms with Gasteiger partial charge in [0.15, 0.2) is 5.78 Å². The molecule has 148 valence electrons. The molecule has 4 aromatic rings. The van der Waals surface area contributed by atoms with Gasteiger partial charge in [0, 0.05) is 23.5 Å². The van der Waals surface area contributed by atoms with Crippen LogP contribution in [0.25, 0.3) is 0 Å². The number of carbonyl (C=O) groups excluding carboxylic acids is 1.